The van der Waals surface area contributed by atoms with Crippen LogP contribution in [0.5, 0.6) is 0 Å². The van der Waals surface area contributed by atoms with Gasteiger partial charge in [-0.3, -0.25) is 19.5 Å². The Morgan fingerprint density at radius 3 is 2.58 bits per heavy atom. The van der Waals surface area contributed by atoms with E-state index in [0.717, 1.165) is 5.52 Å². The molecular weight excluding hydrogens is 458 g/mol. The summed E-state index contributed by atoms with van der Waals surface area (Å²) in [6, 6.07) is 17.8. The van der Waals surface area contributed by atoms with Gasteiger partial charge in [0.1, 0.15) is 11.8 Å². The number of fused-ring (bicyclic) bond motifs is 1. The molecule has 1 saturated heterocycles. The molecule has 0 aliphatic carbocycles. The minimum absolute atomic E-state index is 0.0846. The number of hydrogen-bond acceptors (Lipinski definition) is 6. The number of nitrogens with one attached hydrogen (secondary N) is 1. The van der Waals surface area contributed by atoms with Gasteiger partial charge in [0.25, 0.3) is 11.7 Å². The first kappa shape index (κ1) is 23.0. The number of Topliss-reactive ketones (excluding diaryl/α,β-unsaturated/α-hetero) is 1. The van der Waals surface area contributed by atoms with E-state index < -0.39 is 23.7 Å². The number of aromatic nitrogens is 2. The Bertz CT molecular complexity index is 1520. The number of pyridine rings is 1. The lowest BCUT2D eigenvalue weighted by molar-refractivity contribution is -0.132. The number of ketones is 1. The summed E-state index contributed by atoms with van der Waals surface area (Å²) in [5.41, 5.74) is 2.04. The molecule has 180 valence electrons. The number of amides is 1. The Labute approximate surface area is 206 Å². The van der Waals surface area contributed by atoms with Gasteiger partial charge < -0.3 is 14.8 Å². The van der Waals surface area contributed by atoms with E-state index in [9.17, 15) is 19.5 Å². The van der Waals surface area contributed by atoms with Gasteiger partial charge in [0.05, 0.1) is 22.9 Å². The highest BCUT2D eigenvalue weighted by Gasteiger charge is 2.48. The molecule has 4 aromatic rings. The number of anilines is 1. The largest absolute Gasteiger partial charge is 0.507 e. The number of nitrogens with zero attached hydrogens (tertiary/aromatic N) is 2. The highest BCUT2D eigenvalue weighted by atomic mass is 16.5. The van der Waals surface area contributed by atoms with E-state index >= 15 is 0 Å². The summed E-state index contributed by atoms with van der Waals surface area (Å²) in [5, 5.41) is 12.1. The van der Waals surface area contributed by atoms with Gasteiger partial charge in [0.2, 0.25) is 0 Å². The van der Waals surface area contributed by atoms with Gasteiger partial charge in [0, 0.05) is 34.5 Å². The Balaban J connectivity index is 1.68. The molecular formula is C28H23N3O5. The van der Waals surface area contributed by atoms with Crippen molar-refractivity contribution in [3.05, 3.63) is 102 Å². The summed E-state index contributed by atoms with van der Waals surface area (Å²) in [5.74, 6) is -2.53. The third-order valence-corrected chi connectivity index (χ3v) is 5.96. The number of para-hydroxylation sites is 1. The third-order valence-electron chi connectivity index (χ3n) is 5.96. The zero-order valence-electron chi connectivity index (χ0n) is 19.6. The molecule has 8 nitrogen and oxygen atoms in total. The summed E-state index contributed by atoms with van der Waals surface area (Å²) >= 11 is 0. The van der Waals surface area contributed by atoms with Gasteiger partial charge in [0.15, 0.2) is 0 Å². The van der Waals surface area contributed by atoms with E-state index in [1.165, 1.54) is 11.0 Å². The molecule has 0 spiro atoms. The average molecular weight is 482 g/mol. The number of esters is 1. The first-order valence-electron chi connectivity index (χ1n) is 11.5. The molecule has 0 radical (unpaired) electrons. The molecule has 1 aliphatic heterocycles. The van der Waals surface area contributed by atoms with Crippen LogP contribution in [0.3, 0.4) is 0 Å². The van der Waals surface area contributed by atoms with Crippen LogP contribution in [0.25, 0.3) is 16.7 Å². The molecule has 1 fully saturated rings. The number of ether oxygens (including phenoxy) is 1. The van der Waals surface area contributed by atoms with Gasteiger partial charge in [-0.25, -0.2) is 4.79 Å². The van der Waals surface area contributed by atoms with Gasteiger partial charge in [-0.1, -0.05) is 30.3 Å². The molecule has 5 rings (SSSR count). The summed E-state index contributed by atoms with van der Waals surface area (Å²) in [7, 11) is 0. The first-order chi connectivity index (χ1) is 17.4. The fourth-order valence-electron chi connectivity index (χ4n) is 4.39. The van der Waals surface area contributed by atoms with Crippen LogP contribution in [0, 0.1) is 0 Å². The van der Waals surface area contributed by atoms with Crippen molar-refractivity contribution in [2.24, 2.45) is 0 Å². The zero-order chi connectivity index (χ0) is 25.4. The molecule has 0 saturated carbocycles. The quantitative estimate of drug-likeness (QED) is 0.184. The van der Waals surface area contributed by atoms with Crippen LogP contribution in [0.2, 0.25) is 0 Å². The van der Waals surface area contributed by atoms with Crippen LogP contribution in [0.1, 0.15) is 41.5 Å². The van der Waals surface area contributed by atoms with Gasteiger partial charge in [-0.05, 0) is 50.2 Å². The van der Waals surface area contributed by atoms with Gasteiger partial charge in [-0.2, -0.15) is 0 Å². The van der Waals surface area contributed by atoms with Gasteiger partial charge in [-0.15, -0.1) is 0 Å². The third kappa shape index (κ3) is 3.92. The zero-order valence-corrected chi connectivity index (χ0v) is 19.6. The Morgan fingerprint density at radius 2 is 1.83 bits per heavy atom. The number of aliphatic hydroxyl groups is 1. The van der Waals surface area contributed by atoms with Crippen molar-refractivity contribution < 1.29 is 24.2 Å². The van der Waals surface area contributed by atoms with E-state index in [-0.39, 0.29) is 23.0 Å². The van der Waals surface area contributed by atoms with Crippen molar-refractivity contribution in [1.29, 1.82) is 0 Å². The summed E-state index contributed by atoms with van der Waals surface area (Å²) in [6.45, 7) is 3.48. The standard InChI is InChI=1S/C28H23N3O5/c1-16(2)36-28(35)17-8-7-9-18(14-17)31-24(22-12-5-6-13-29-22)23(26(33)27(31)34)25(32)20-15-30-21-11-4-3-10-19(20)21/h3-16,24,30,32H,1-2H3/b25-23-. The summed E-state index contributed by atoms with van der Waals surface area (Å²) in [6.07, 6.45) is 2.84. The summed E-state index contributed by atoms with van der Waals surface area (Å²) < 4.78 is 5.29. The van der Waals surface area contributed by atoms with Crippen molar-refractivity contribution in [2.45, 2.75) is 26.0 Å². The number of carbonyl (C=O) groups is 3. The number of aliphatic hydroxyl groups excluding tert-OH is 1. The number of rotatable bonds is 5. The lowest BCUT2D eigenvalue weighted by atomic mass is 9.98. The number of carbonyl (C=O) groups excluding carboxylic acids is 3. The Kier molecular flexibility index (Phi) is 5.85. The lowest BCUT2D eigenvalue weighted by Crippen LogP contribution is -2.30. The van der Waals surface area contributed by atoms with Crippen molar-refractivity contribution in [3.8, 4) is 0 Å². The second-order valence-corrected chi connectivity index (χ2v) is 8.68. The van der Waals surface area contributed by atoms with E-state index in [1.807, 2.05) is 24.3 Å². The maximum absolute atomic E-state index is 13.4. The van der Waals surface area contributed by atoms with E-state index in [4.69, 9.17) is 4.74 Å². The Morgan fingerprint density at radius 1 is 1.06 bits per heavy atom. The smallest absolute Gasteiger partial charge is 0.338 e. The van der Waals surface area contributed by atoms with Crippen LogP contribution in [-0.2, 0) is 14.3 Å². The number of hydrogen-bond donors (Lipinski definition) is 2. The molecule has 1 unspecified atom stereocenters. The predicted molar refractivity (Wildman–Crippen MR) is 134 cm³/mol. The van der Waals surface area contributed by atoms with Crippen molar-refractivity contribution in [2.75, 3.05) is 4.90 Å². The van der Waals surface area contributed by atoms with Crippen LogP contribution in [-0.4, -0.2) is 38.8 Å². The topological polar surface area (TPSA) is 113 Å². The maximum atomic E-state index is 13.4. The molecule has 0 bridgehead atoms. The van der Waals surface area contributed by atoms with Crippen LogP contribution in [0.4, 0.5) is 5.69 Å². The normalized spacial score (nSPS) is 17.2. The lowest BCUT2D eigenvalue weighted by Gasteiger charge is -2.25. The second-order valence-electron chi connectivity index (χ2n) is 8.68. The van der Waals surface area contributed by atoms with E-state index in [0.29, 0.717) is 22.3 Å². The van der Waals surface area contributed by atoms with E-state index in [2.05, 4.69) is 9.97 Å². The molecule has 8 heteroatoms. The molecule has 2 aromatic heterocycles. The van der Waals surface area contributed by atoms with Crippen LogP contribution < -0.4 is 4.90 Å². The highest BCUT2D eigenvalue weighted by molar-refractivity contribution is 6.51. The minimum atomic E-state index is -1.00. The van der Waals surface area contributed by atoms with E-state index in [1.54, 1.807) is 62.6 Å². The molecule has 36 heavy (non-hydrogen) atoms. The number of H-pyrrole nitrogens is 1. The second kappa shape index (κ2) is 9.14. The fourth-order valence-corrected chi connectivity index (χ4v) is 4.39. The molecule has 1 atom stereocenters. The van der Waals surface area contributed by atoms with Crippen molar-refractivity contribution >= 4 is 40.0 Å². The van der Waals surface area contributed by atoms with Crippen LogP contribution in [0.15, 0.2) is 84.7 Å². The van der Waals surface area contributed by atoms with Crippen LogP contribution >= 0.6 is 0 Å². The highest BCUT2D eigenvalue weighted by Crippen LogP contribution is 2.42. The SMILES string of the molecule is CC(C)OC(=O)c1cccc(N2C(=O)C(=O)/C(=C(\O)c3c[nH]c4ccccc34)C2c2ccccn2)c1. The van der Waals surface area contributed by atoms with Crippen molar-refractivity contribution in [3.63, 3.8) is 0 Å². The first-order valence-corrected chi connectivity index (χ1v) is 11.5. The number of aromatic amines is 1. The molecule has 1 aliphatic rings. The maximum Gasteiger partial charge on any atom is 0.338 e. The molecule has 1 amide bonds. The van der Waals surface area contributed by atoms with Crippen molar-refractivity contribution in [1.82, 2.24) is 9.97 Å². The summed E-state index contributed by atoms with van der Waals surface area (Å²) in [4.78, 5) is 48.0. The molecule has 2 aromatic carbocycles. The minimum Gasteiger partial charge on any atom is -0.507 e. The average Bonchev–Trinajstić information content (AvgIpc) is 3.43. The fraction of sp³-hybridized carbons (Fsp3) is 0.143. The Hall–Kier alpha value is -4.72. The van der Waals surface area contributed by atoms with Gasteiger partial charge >= 0.3 is 5.97 Å². The molecule has 2 N–H and O–H groups in total. The monoisotopic (exact) mass is 481 g/mol. The predicted octanol–water partition coefficient (Wildman–Crippen LogP) is 4.75. The number of benzene rings is 2. The molecule has 3 heterocycles.